The van der Waals surface area contributed by atoms with Crippen LogP contribution in [0.4, 0.5) is 0 Å². The molecule has 2 aromatic rings. The van der Waals surface area contributed by atoms with E-state index in [9.17, 15) is 21.6 Å². The Morgan fingerprint density at radius 1 is 0.963 bits per heavy atom. The van der Waals surface area contributed by atoms with Crippen molar-refractivity contribution in [3.63, 3.8) is 0 Å². The van der Waals surface area contributed by atoms with Crippen LogP contribution in [-0.4, -0.2) is 28.5 Å². The van der Waals surface area contributed by atoms with Gasteiger partial charge in [-0.25, -0.2) is 22.0 Å². The van der Waals surface area contributed by atoms with Gasteiger partial charge in [-0.15, -0.1) is 0 Å². The summed E-state index contributed by atoms with van der Waals surface area (Å²) in [6.07, 6.45) is -0.171. The first-order valence-electron chi connectivity index (χ1n) is 8.20. The Kier molecular flexibility index (Phi) is 6.40. The molecule has 0 bridgehead atoms. The number of aryl methyl sites for hydroxylation is 1. The molecule has 2 rings (SSSR count). The maximum atomic E-state index is 12.3. The van der Waals surface area contributed by atoms with E-state index in [0.717, 1.165) is 5.56 Å². The third kappa shape index (κ3) is 5.88. The number of hydrogen-bond acceptors (Lipinski definition) is 5. The Morgan fingerprint density at radius 2 is 1.48 bits per heavy atom. The number of carbonyl (C=O) groups excluding carboxylic acids is 1. The number of hydrogen-bond donors (Lipinski definition) is 2. The van der Waals surface area contributed by atoms with Crippen LogP contribution in [-0.2, 0) is 24.7 Å². The van der Waals surface area contributed by atoms with E-state index >= 15 is 0 Å². The van der Waals surface area contributed by atoms with Crippen molar-refractivity contribution in [2.45, 2.75) is 36.1 Å². The molecule has 0 aromatic heterocycles. The van der Waals surface area contributed by atoms with E-state index in [1.54, 1.807) is 31.2 Å². The third-order valence-corrected chi connectivity index (χ3v) is 6.73. The quantitative estimate of drug-likeness (QED) is 0.719. The van der Waals surface area contributed by atoms with Gasteiger partial charge in [0, 0.05) is 6.42 Å². The SMILES string of the molecule is Cc1ccc(S(=O)(=O)CCC(=O)N[C@H](C)c2ccc(S(N)(=O)=O)cc2)cc1. The van der Waals surface area contributed by atoms with Gasteiger partial charge in [-0.1, -0.05) is 29.8 Å². The molecule has 7 nitrogen and oxygen atoms in total. The predicted molar refractivity (Wildman–Crippen MR) is 102 cm³/mol. The van der Waals surface area contributed by atoms with Crippen molar-refractivity contribution in [2.75, 3.05) is 5.75 Å². The summed E-state index contributed by atoms with van der Waals surface area (Å²) in [6, 6.07) is 11.9. The zero-order valence-electron chi connectivity index (χ0n) is 15.0. The maximum Gasteiger partial charge on any atom is 0.238 e. The fraction of sp³-hybridized carbons (Fsp3) is 0.278. The van der Waals surface area contributed by atoms with Crippen LogP contribution in [0.15, 0.2) is 58.3 Å². The number of primary sulfonamides is 1. The van der Waals surface area contributed by atoms with Gasteiger partial charge in [-0.2, -0.15) is 0 Å². The molecule has 0 unspecified atom stereocenters. The van der Waals surface area contributed by atoms with Crippen molar-refractivity contribution in [3.05, 3.63) is 59.7 Å². The van der Waals surface area contributed by atoms with E-state index in [0.29, 0.717) is 5.56 Å². The molecule has 0 aliphatic heterocycles. The number of carbonyl (C=O) groups is 1. The van der Waals surface area contributed by atoms with Crippen LogP contribution < -0.4 is 10.5 Å². The third-order valence-electron chi connectivity index (χ3n) is 4.06. The predicted octanol–water partition coefficient (Wildman–Crippen LogP) is 1.68. The lowest BCUT2D eigenvalue weighted by molar-refractivity contribution is -0.121. The first-order valence-corrected chi connectivity index (χ1v) is 11.4. The summed E-state index contributed by atoms with van der Waals surface area (Å²) in [5, 5.41) is 7.75. The average Bonchev–Trinajstić information content (AvgIpc) is 2.60. The van der Waals surface area contributed by atoms with E-state index in [2.05, 4.69) is 5.32 Å². The molecule has 1 atom stereocenters. The molecule has 0 aliphatic rings. The van der Waals surface area contributed by atoms with Gasteiger partial charge in [0.15, 0.2) is 9.84 Å². The van der Waals surface area contributed by atoms with Gasteiger partial charge >= 0.3 is 0 Å². The van der Waals surface area contributed by atoms with Crippen LogP contribution in [0.25, 0.3) is 0 Å². The van der Waals surface area contributed by atoms with Crippen LogP contribution in [0.1, 0.15) is 30.5 Å². The number of sulfone groups is 1. The molecule has 0 spiro atoms. The Hall–Kier alpha value is -2.23. The van der Waals surface area contributed by atoms with E-state index in [-0.39, 0.29) is 22.0 Å². The Balaban J connectivity index is 1.96. The van der Waals surface area contributed by atoms with E-state index in [1.807, 2.05) is 6.92 Å². The number of nitrogens with one attached hydrogen (secondary N) is 1. The van der Waals surface area contributed by atoms with Crippen molar-refractivity contribution in [2.24, 2.45) is 5.14 Å². The first kappa shape index (κ1) is 21.1. The molecule has 0 heterocycles. The molecule has 3 N–H and O–H groups in total. The zero-order valence-corrected chi connectivity index (χ0v) is 16.7. The van der Waals surface area contributed by atoms with Crippen LogP contribution in [0.3, 0.4) is 0 Å². The largest absolute Gasteiger partial charge is 0.350 e. The molecule has 0 saturated carbocycles. The van der Waals surface area contributed by atoms with Crippen LogP contribution >= 0.6 is 0 Å². The van der Waals surface area contributed by atoms with Crippen LogP contribution in [0.5, 0.6) is 0 Å². The number of benzene rings is 2. The summed E-state index contributed by atoms with van der Waals surface area (Å²) in [6.45, 7) is 3.58. The lowest BCUT2D eigenvalue weighted by atomic mass is 10.1. The molecule has 0 fully saturated rings. The number of nitrogens with two attached hydrogens (primary N) is 1. The topological polar surface area (TPSA) is 123 Å². The van der Waals surface area contributed by atoms with E-state index in [4.69, 9.17) is 5.14 Å². The Bertz CT molecular complexity index is 1010. The molecule has 1 amide bonds. The minimum atomic E-state index is -3.78. The van der Waals surface area contributed by atoms with Gasteiger partial charge < -0.3 is 5.32 Å². The van der Waals surface area contributed by atoms with Gasteiger partial charge in [-0.05, 0) is 43.7 Å². The summed E-state index contributed by atoms with van der Waals surface area (Å²) in [5.41, 5.74) is 1.63. The second-order valence-electron chi connectivity index (χ2n) is 6.29. The monoisotopic (exact) mass is 410 g/mol. The minimum absolute atomic E-state index is 0.0195. The highest BCUT2D eigenvalue weighted by Gasteiger charge is 2.18. The average molecular weight is 411 g/mol. The fourth-order valence-corrected chi connectivity index (χ4v) is 4.19. The smallest absolute Gasteiger partial charge is 0.238 e. The molecule has 0 radical (unpaired) electrons. The summed E-state index contributed by atoms with van der Waals surface area (Å²) in [7, 11) is -7.31. The number of rotatable bonds is 7. The van der Waals surface area contributed by atoms with Crippen molar-refractivity contribution in [1.82, 2.24) is 5.32 Å². The zero-order chi connectivity index (χ0) is 20.2. The van der Waals surface area contributed by atoms with E-state index in [1.165, 1.54) is 24.3 Å². The van der Waals surface area contributed by atoms with Crippen molar-refractivity contribution in [1.29, 1.82) is 0 Å². The highest BCUT2D eigenvalue weighted by molar-refractivity contribution is 7.91. The fourth-order valence-electron chi connectivity index (χ4n) is 2.43. The Morgan fingerprint density at radius 3 is 2.00 bits per heavy atom. The summed E-state index contributed by atoms with van der Waals surface area (Å²) in [5.74, 6) is -0.701. The van der Waals surface area contributed by atoms with Gasteiger partial charge in [0.25, 0.3) is 0 Å². The van der Waals surface area contributed by atoms with Crippen LogP contribution in [0.2, 0.25) is 0 Å². The highest BCUT2D eigenvalue weighted by Crippen LogP contribution is 2.16. The van der Waals surface area contributed by atoms with Gasteiger partial charge in [-0.3, -0.25) is 4.79 Å². The van der Waals surface area contributed by atoms with Gasteiger partial charge in [0.05, 0.1) is 21.6 Å². The molecule has 9 heteroatoms. The molecule has 0 aliphatic carbocycles. The summed E-state index contributed by atoms with van der Waals surface area (Å²) >= 11 is 0. The molecule has 0 saturated heterocycles. The number of amides is 1. The van der Waals surface area contributed by atoms with Crippen LogP contribution in [0, 0.1) is 6.92 Å². The Labute approximate surface area is 159 Å². The second kappa shape index (κ2) is 8.20. The lowest BCUT2D eigenvalue weighted by Crippen LogP contribution is -2.28. The molecular weight excluding hydrogens is 388 g/mol. The van der Waals surface area contributed by atoms with Crippen molar-refractivity contribution < 1.29 is 21.6 Å². The van der Waals surface area contributed by atoms with Gasteiger partial charge in [0.1, 0.15) is 0 Å². The van der Waals surface area contributed by atoms with Crippen molar-refractivity contribution >= 4 is 25.8 Å². The first-order chi connectivity index (χ1) is 12.5. The molecular formula is C18H22N2O5S2. The highest BCUT2D eigenvalue weighted by atomic mass is 32.2. The van der Waals surface area contributed by atoms with Crippen molar-refractivity contribution in [3.8, 4) is 0 Å². The molecule has 27 heavy (non-hydrogen) atoms. The van der Waals surface area contributed by atoms with E-state index < -0.39 is 31.8 Å². The lowest BCUT2D eigenvalue weighted by Gasteiger charge is -2.15. The minimum Gasteiger partial charge on any atom is -0.350 e. The summed E-state index contributed by atoms with van der Waals surface area (Å²) < 4.78 is 47.1. The summed E-state index contributed by atoms with van der Waals surface area (Å²) in [4.78, 5) is 12.3. The standard InChI is InChI=1S/C18H22N2O5S2/c1-13-3-7-16(8-4-13)26(22,23)12-11-18(21)20-14(2)15-5-9-17(10-6-15)27(19,24)25/h3-10,14H,11-12H2,1-2H3,(H,20,21)(H2,19,24,25)/t14-/m1/s1. The normalized spacial score (nSPS) is 13.1. The second-order valence-corrected chi connectivity index (χ2v) is 9.96. The number of sulfonamides is 1. The maximum absolute atomic E-state index is 12.3. The van der Waals surface area contributed by atoms with Gasteiger partial charge in [0.2, 0.25) is 15.9 Å². The molecule has 2 aromatic carbocycles. The molecule has 146 valence electrons.